The lowest BCUT2D eigenvalue weighted by molar-refractivity contribution is 0.373. The number of phenolic OH excluding ortho intramolecular Hbond substituents is 1. The topological polar surface area (TPSA) is 92.8 Å². The van der Waals surface area contributed by atoms with Gasteiger partial charge in [-0.25, -0.2) is 4.98 Å². The average molecular weight is 299 g/mol. The molecule has 6 nitrogen and oxygen atoms in total. The number of anilines is 2. The Morgan fingerprint density at radius 1 is 1.58 bits per heavy atom. The molecule has 0 aliphatic rings. The van der Waals surface area contributed by atoms with Crippen LogP contribution in [0.1, 0.15) is 5.56 Å². The van der Waals surface area contributed by atoms with E-state index in [0.29, 0.717) is 16.5 Å². The van der Waals surface area contributed by atoms with Gasteiger partial charge in [-0.15, -0.1) is 11.3 Å². The summed E-state index contributed by atoms with van der Waals surface area (Å²) in [4.78, 5) is 3.99. The number of rotatable bonds is 4. The monoisotopic (exact) mass is 298 g/mol. The molecule has 1 heterocycles. The van der Waals surface area contributed by atoms with Crippen molar-refractivity contribution in [2.75, 3.05) is 18.3 Å². The van der Waals surface area contributed by atoms with Gasteiger partial charge in [0, 0.05) is 10.9 Å². The lowest BCUT2D eigenvalue weighted by Crippen LogP contribution is -1.93. The molecule has 0 aliphatic heterocycles. The van der Waals surface area contributed by atoms with E-state index in [1.165, 1.54) is 30.7 Å². The van der Waals surface area contributed by atoms with Crippen LogP contribution in [0.5, 0.6) is 11.5 Å². The smallest absolute Gasteiger partial charge is 0.205 e. The first-order chi connectivity index (χ1) is 9.11. The van der Waals surface area contributed by atoms with Crippen molar-refractivity contribution in [3.63, 3.8) is 0 Å². The van der Waals surface area contributed by atoms with Crippen LogP contribution in [0.15, 0.2) is 22.6 Å². The Balaban J connectivity index is 2.15. The van der Waals surface area contributed by atoms with Crippen molar-refractivity contribution in [1.82, 2.24) is 4.98 Å². The normalized spacial score (nSPS) is 10.8. The molecule has 19 heavy (non-hydrogen) atoms. The number of thiazole rings is 1. The Morgan fingerprint density at radius 3 is 3.00 bits per heavy atom. The van der Waals surface area contributed by atoms with Gasteiger partial charge in [0.25, 0.3) is 0 Å². The lowest BCUT2D eigenvalue weighted by atomic mass is 10.2. The van der Waals surface area contributed by atoms with Gasteiger partial charge in [-0.1, -0.05) is 11.6 Å². The Morgan fingerprint density at radius 2 is 2.37 bits per heavy atom. The molecule has 8 heteroatoms. The SMILES string of the molecule is COc1c(O)ccc(C=NNc2nc(N)cs2)c1Cl. The standard InChI is InChI=1S/C11H11ClN4O2S/c1-18-10-7(17)3-2-6(9(10)12)4-14-16-11-15-8(13)5-19-11/h2-5,17H,13H2,1H3,(H,15,16). The number of nitrogens with one attached hydrogen (secondary N) is 1. The fraction of sp³-hybridized carbons (Fsp3) is 0.0909. The van der Waals surface area contributed by atoms with E-state index in [1.54, 1.807) is 11.4 Å². The van der Waals surface area contributed by atoms with Crippen molar-refractivity contribution in [1.29, 1.82) is 0 Å². The number of nitrogens with two attached hydrogens (primary N) is 1. The molecule has 2 rings (SSSR count). The van der Waals surface area contributed by atoms with Crippen LogP contribution < -0.4 is 15.9 Å². The van der Waals surface area contributed by atoms with Gasteiger partial charge in [-0.2, -0.15) is 5.10 Å². The van der Waals surface area contributed by atoms with E-state index in [9.17, 15) is 5.11 Å². The quantitative estimate of drug-likeness (QED) is 0.596. The van der Waals surface area contributed by atoms with E-state index in [-0.39, 0.29) is 16.5 Å². The predicted molar refractivity (Wildman–Crippen MR) is 77.4 cm³/mol. The zero-order chi connectivity index (χ0) is 13.8. The number of methoxy groups -OCH3 is 1. The summed E-state index contributed by atoms with van der Waals surface area (Å²) in [5, 5.41) is 16.1. The molecule has 0 bridgehead atoms. The van der Waals surface area contributed by atoms with Crippen LogP contribution in [-0.2, 0) is 0 Å². The highest BCUT2D eigenvalue weighted by molar-refractivity contribution is 7.14. The van der Waals surface area contributed by atoms with Crippen molar-refractivity contribution in [3.8, 4) is 11.5 Å². The number of aromatic hydroxyl groups is 1. The molecule has 2 aromatic rings. The van der Waals surface area contributed by atoms with Crippen LogP contribution in [-0.4, -0.2) is 23.4 Å². The van der Waals surface area contributed by atoms with Gasteiger partial charge in [0.2, 0.25) is 5.13 Å². The maximum atomic E-state index is 9.53. The van der Waals surface area contributed by atoms with Crippen molar-refractivity contribution >= 4 is 40.1 Å². The lowest BCUT2D eigenvalue weighted by Gasteiger charge is -2.07. The maximum Gasteiger partial charge on any atom is 0.205 e. The predicted octanol–water partition coefficient (Wildman–Crippen LogP) is 2.54. The van der Waals surface area contributed by atoms with E-state index in [2.05, 4.69) is 15.5 Å². The van der Waals surface area contributed by atoms with Crippen LogP contribution >= 0.6 is 22.9 Å². The molecule has 0 amide bonds. The molecule has 0 spiro atoms. The van der Waals surface area contributed by atoms with Gasteiger partial charge in [0.1, 0.15) is 5.82 Å². The highest BCUT2D eigenvalue weighted by Gasteiger charge is 2.10. The first-order valence-electron chi connectivity index (χ1n) is 5.17. The van der Waals surface area contributed by atoms with E-state index in [0.717, 1.165) is 0 Å². The Hall–Kier alpha value is -1.99. The molecule has 0 fully saturated rings. The minimum Gasteiger partial charge on any atom is -0.504 e. The molecule has 0 radical (unpaired) electrons. The van der Waals surface area contributed by atoms with Gasteiger partial charge in [0.15, 0.2) is 11.5 Å². The molecule has 100 valence electrons. The molecular weight excluding hydrogens is 288 g/mol. The van der Waals surface area contributed by atoms with Crippen molar-refractivity contribution in [2.45, 2.75) is 0 Å². The summed E-state index contributed by atoms with van der Waals surface area (Å²) in [5.74, 6) is 0.626. The average Bonchev–Trinajstić information content (AvgIpc) is 2.79. The van der Waals surface area contributed by atoms with Crippen LogP contribution in [0.2, 0.25) is 5.02 Å². The van der Waals surface area contributed by atoms with Gasteiger partial charge in [-0.05, 0) is 12.1 Å². The molecular formula is C11H11ClN4O2S. The van der Waals surface area contributed by atoms with Crippen molar-refractivity contribution < 1.29 is 9.84 Å². The van der Waals surface area contributed by atoms with Gasteiger partial charge in [0.05, 0.1) is 18.3 Å². The van der Waals surface area contributed by atoms with Gasteiger partial charge < -0.3 is 15.6 Å². The molecule has 0 unspecified atom stereocenters. The molecule has 0 saturated heterocycles. The van der Waals surface area contributed by atoms with Gasteiger partial charge >= 0.3 is 0 Å². The van der Waals surface area contributed by atoms with E-state index >= 15 is 0 Å². The summed E-state index contributed by atoms with van der Waals surface area (Å²) >= 11 is 7.40. The number of phenols is 1. The first-order valence-corrected chi connectivity index (χ1v) is 6.43. The third-order valence-corrected chi connectivity index (χ3v) is 3.35. The third kappa shape index (κ3) is 3.07. The molecule has 0 saturated carbocycles. The second kappa shape index (κ2) is 5.77. The fourth-order valence-electron chi connectivity index (χ4n) is 1.35. The summed E-state index contributed by atoms with van der Waals surface area (Å²) in [5.41, 5.74) is 8.82. The third-order valence-electron chi connectivity index (χ3n) is 2.20. The minimum atomic E-state index is -0.0229. The minimum absolute atomic E-state index is 0.0229. The van der Waals surface area contributed by atoms with Crippen LogP contribution in [0.25, 0.3) is 0 Å². The second-order valence-electron chi connectivity index (χ2n) is 3.47. The van der Waals surface area contributed by atoms with E-state index in [1.807, 2.05) is 0 Å². The van der Waals surface area contributed by atoms with Crippen molar-refractivity contribution in [3.05, 3.63) is 28.1 Å². The number of benzene rings is 1. The molecule has 1 aromatic heterocycles. The van der Waals surface area contributed by atoms with Gasteiger partial charge in [-0.3, -0.25) is 5.43 Å². The highest BCUT2D eigenvalue weighted by Crippen LogP contribution is 2.35. The Bertz CT molecular complexity index is 615. The number of hydrogen-bond acceptors (Lipinski definition) is 7. The number of nitrogen functional groups attached to an aromatic ring is 1. The molecule has 0 aliphatic carbocycles. The zero-order valence-electron chi connectivity index (χ0n) is 9.92. The zero-order valence-corrected chi connectivity index (χ0v) is 11.5. The maximum absolute atomic E-state index is 9.53. The molecule has 1 aromatic carbocycles. The number of ether oxygens (including phenoxy) is 1. The highest BCUT2D eigenvalue weighted by atomic mass is 35.5. The molecule has 4 N–H and O–H groups in total. The number of hydrogen-bond donors (Lipinski definition) is 3. The number of hydrazone groups is 1. The largest absolute Gasteiger partial charge is 0.504 e. The summed E-state index contributed by atoms with van der Waals surface area (Å²) in [6.45, 7) is 0. The van der Waals surface area contributed by atoms with Crippen molar-refractivity contribution in [2.24, 2.45) is 5.10 Å². The number of nitrogens with zero attached hydrogens (tertiary/aromatic N) is 2. The molecule has 0 atom stereocenters. The van der Waals surface area contributed by atoms with Crippen LogP contribution in [0, 0.1) is 0 Å². The summed E-state index contributed by atoms with van der Waals surface area (Å²) < 4.78 is 4.99. The Kier molecular flexibility index (Phi) is 4.08. The van der Waals surface area contributed by atoms with Crippen LogP contribution in [0.3, 0.4) is 0 Å². The summed E-state index contributed by atoms with van der Waals surface area (Å²) in [7, 11) is 1.43. The number of halogens is 1. The van der Waals surface area contributed by atoms with Crippen LogP contribution in [0.4, 0.5) is 10.9 Å². The second-order valence-corrected chi connectivity index (χ2v) is 4.70. The Labute approximate surface area is 118 Å². The number of aromatic nitrogens is 1. The summed E-state index contributed by atoms with van der Waals surface area (Å²) in [6, 6.07) is 3.11. The summed E-state index contributed by atoms with van der Waals surface area (Å²) in [6.07, 6.45) is 1.50. The fourth-order valence-corrected chi connectivity index (χ4v) is 2.18. The van der Waals surface area contributed by atoms with E-state index in [4.69, 9.17) is 22.1 Å². The van der Waals surface area contributed by atoms with E-state index < -0.39 is 0 Å². The first kappa shape index (κ1) is 13.4.